The van der Waals surface area contributed by atoms with Crippen LogP contribution in [0.3, 0.4) is 0 Å². The van der Waals surface area contributed by atoms with Crippen LogP contribution < -0.4 is 11.5 Å². The molecule has 15 heavy (non-hydrogen) atoms. The normalized spacial score (nSPS) is 13.0. The summed E-state index contributed by atoms with van der Waals surface area (Å²) in [7, 11) is 0. The maximum atomic E-state index is 5.57. The van der Waals surface area contributed by atoms with E-state index in [0.717, 1.165) is 19.0 Å². The summed E-state index contributed by atoms with van der Waals surface area (Å²) in [6.45, 7) is 3.95. The Hall–Kier alpha value is -0.0800. The van der Waals surface area contributed by atoms with E-state index in [2.05, 4.69) is 6.92 Å². The molecule has 0 aromatic rings. The molecule has 2 heteroatoms. The van der Waals surface area contributed by atoms with Gasteiger partial charge in [0, 0.05) is 0 Å². The van der Waals surface area contributed by atoms with Crippen molar-refractivity contribution in [3.63, 3.8) is 0 Å². The third-order valence-electron chi connectivity index (χ3n) is 3.05. The van der Waals surface area contributed by atoms with E-state index in [9.17, 15) is 0 Å². The Morgan fingerprint density at radius 1 is 0.733 bits per heavy atom. The summed E-state index contributed by atoms with van der Waals surface area (Å²) in [5.41, 5.74) is 11.0. The second-order valence-electron chi connectivity index (χ2n) is 4.75. The highest BCUT2D eigenvalue weighted by atomic mass is 14.5. The number of unbranched alkanes of at least 4 members (excludes halogenated alkanes) is 7. The van der Waals surface area contributed by atoms with Crippen molar-refractivity contribution in [1.82, 2.24) is 0 Å². The van der Waals surface area contributed by atoms with Gasteiger partial charge < -0.3 is 11.5 Å². The standard InChI is InChI=1S/C13H30N2/c1-13(12-15)10-8-6-4-2-3-5-7-9-11-14/h13H,2-12,14-15H2,1H3. The minimum Gasteiger partial charge on any atom is -0.330 e. The summed E-state index contributed by atoms with van der Waals surface area (Å²) in [6, 6.07) is 0. The number of hydrogen-bond donors (Lipinski definition) is 2. The van der Waals surface area contributed by atoms with E-state index >= 15 is 0 Å². The SMILES string of the molecule is CC(CN)CCCCCCCCCCN. The molecule has 0 fully saturated rings. The topological polar surface area (TPSA) is 52.0 Å². The zero-order valence-electron chi connectivity index (χ0n) is 10.5. The van der Waals surface area contributed by atoms with Crippen molar-refractivity contribution in [2.45, 2.75) is 64.7 Å². The summed E-state index contributed by atoms with van der Waals surface area (Å²) in [5, 5.41) is 0. The first-order chi connectivity index (χ1) is 7.31. The molecule has 92 valence electrons. The van der Waals surface area contributed by atoms with Crippen molar-refractivity contribution in [2.24, 2.45) is 17.4 Å². The Morgan fingerprint density at radius 3 is 1.67 bits per heavy atom. The molecular weight excluding hydrogens is 184 g/mol. The first-order valence-corrected chi connectivity index (χ1v) is 6.71. The van der Waals surface area contributed by atoms with Gasteiger partial charge in [0.25, 0.3) is 0 Å². The highest BCUT2D eigenvalue weighted by Crippen LogP contribution is 2.12. The molecule has 0 amide bonds. The van der Waals surface area contributed by atoms with Crippen LogP contribution in [0.15, 0.2) is 0 Å². The first-order valence-electron chi connectivity index (χ1n) is 6.71. The zero-order chi connectivity index (χ0) is 11.4. The van der Waals surface area contributed by atoms with Gasteiger partial charge in [0.1, 0.15) is 0 Å². The van der Waals surface area contributed by atoms with Crippen LogP contribution in [0.1, 0.15) is 64.7 Å². The van der Waals surface area contributed by atoms with Crippen molar-refractivity contribution < 1.29 is 0 Å². The van der Waals surface area contributed by atoms with Crippen LogP contribution in [0.5, 0.6) is 0 Å². The lowest BCUT2D eigenvalue weighted by molar-refractivity contribution is 0.487. The predicted octanol–water partition coefficient (Wildman–Crippen LogP) is 3.05. The van der Waals surface area contributed by atoms with E-state index in [1.165, 1.54) is 57.8 Å². The van der Waals surface area contributed by atoms with Crippen molar-refractivity contribution in [3.05, 3.63) is 0 Å². The van der Waals surface area contributed by atoms with Crippen molar-refractivity contribution in [1.29, 1.82) is 0 Å². The molecule has 0 aliphatic heterocycles. The monoisotopic (exact) mass is 214 g/mol. The van der Waals surface area contributed by atoms with E-state index < -0.39 is 0 Å². The molecule has 0 saturated carbocycles. The van der Waals surface area contributed by atoms with Gasteiger partial charge in [0.2, 0.25) is 0 Å². The minimum atomic E-state index is 0.717. The average molecular weight is 214 g/mol. The molecule has 0 bridgehead atoms. The highest BCUT2D eigenvalue weighted by Gasteiger charge is 1.98. The van der Waals surface area contributed by atoms with E-state index in [0.29, 0.717) is 0 Å². The van der Waals surface area contributed by atoms with Crippen LogP contribution in [-0.2, 0) is 0 Å². The second kappa shape index (κ2) is 12.0. The van der Waals surface area contributed by atoms with Gasteiger partial charge >= 0.3 is 0 Å². The Kier molecular flexibility index (Phi) is 11.9. The molecule has 0 rings (SSSR count). The third-order valence-corrected chi connectivity index (χ3v) is 3.05. The van der Waals surface area contributed by atoms with Gasteiger partial charge in [-0.05, 0) is 31.8 Å². The number of rotatable bonds is 11. The van der Waals surface area contributed by atoms with Gasteiger partial charge in [-0.1, -0.05) is 51.9 Å². The van der Waals surface area contributed by atoms with E-state index in [-0.39, 0.29) is 0 Å². The highest BCUT2D eigenvalue weighted by molar-refractivity contribution is 4.54. The fourth-order valence-electron chi connectivity index (χ4n) is 1.82. The molecule has 1 atom stereocenters. The summed E-state index contributed by atoms with van der Waals surface area (Å²) in [4.78, 5) is 0. The molecule has 4 N–H and O–H groups in total. The fourth-order valence-corrected chi connectivity index (χ4v) is 1.82. The van der Waals surface area contributed by atoms with Gasteiger partial charge in [-0.15, -0.1) is 0 Å². The Balaban J connectivity index is 2.92. The quantitative estimate of drug-likeness (QED) is 0.519. The predicted molar refractivity (Wildman–Crippen MR) is 68.8 cm³/mol. The van der Waals surface area contributed by atoms with E-state index in [1.807, 2.05) is 0 Å². The lowest BCUT2D eigenvalue weighted by Crippen LogP contribution is -2.10. The lowest BCUT2D eigenvalue weighted by atomic mass is 10.0. The fraction of sp³-hybridized carbons (Fsp3) is 1.00. The summed E-state index contributed by atoms with van der Waals surface area (Å²) in [5.74, 6) is 0.717. The molecule has 0 saturated heterocycles. The largest absolute Gasteiger partial charge is 0.330 e. The van der Waals surface area contributed by atoms with Crippen LogP contribution in [0.25, 0.3) is 0 Å². The smallest absolute Gasteiger partial charge is 0.00515 e. The van der Waals surface area contributed by atoms with Crippen LogP contribution >= 0.6 is 0 Å². The van der Waals surface area contributed by atoms with Crippen LogP contribution in [-0.4, -0.2) is 13.1 Å². The lowest BCUT2D eigenvalue weighted by Gasteiger charge is -2.07. The Morgan fingerprint density at radius 2 is 1.20 bits per heavy atom. The van der Waals surface area contributed by atoms with Gasteiger partial charge in [0.05, 0.1) is 0 Å². The third kappa shape index (κ3) is 11.8. The average Bonchev–Trinajstić information content (AvgIpc) is 2.26. The zero-order valence-corrected chi connectivity index (χ0v) is 10.5. The van der Waals surface area contributed by atoms with Gasteiger partial charge in [-0.25, -0.2) is 0 Å². The molecule has 0 aliphatic rings. The number of hydrogen-bond acceptors (Lipinski definition) is 2. The van der Waals surface area contributed by atoms with Crippen LogP contribution in [0.2, 0.25) is 0 Å². The molecule has 0 aromatic heterocycles. The van der Waals surface area contributed by atoms with Gasteiger partial charge in [-0.3, -0.25) is 0 Å². The number of nitrogens with two attached hydrogens (primary N) is 2. The summed E-state index contributed by atoms with van der Waals surface area (Å²) >= 11 is 0. The van der Waals surface area contributed by atoms with Gasteiger partial charge in [-0.2, -0.15) is 0 Å². The van der Waals surface area contributed by atoms with Crippen molar-refractivity contribution in [3.8, 4) is 0 Å². The molecule has 0 aliphatic carbocycles. The minimum absolute atomic E-state index is 0.717. The maximum Gasteiger partial charge on any atom is -0.00515 e. The Labute approximate surface area is 95.8 Å². The molecule has 0 spiro atoms. The Bertz CT molecular complexity index is 115. The van der Waals surface area contributed by atoms with E-state index in [4.69, 9.17) is 11.5 Å². The molecule has 0 aromatic carbocycles. The second-order valence-corrected chi connectivity index (χ2v) is 4.75. The summed E-state index contributed by atoms with van der Waals surface area (Å²) < 4.78 is 0. The van der Waals surface area contributed by atoms with E-state index in [1.54, 1.807) is 0 Å². The molecule has 1 unspecified atom stereocenters. The van der Waals surface area contributed by atoms with Crippen molar-refractivity contribution in [2.75, 3.05) is 13.1 Å². The molecule has 0 radical (unpaired) electrons. The van der Waals surface area contributed by atoms with Crippen LogP contribution in [0, 0.1) is 5.92 Å². The molecular formula is C13H30N2. The van der Waals surface area contributed by atoms with Gasteiger partial charge in [0.15, 0.2) is 0 Å². The maximum absolute atomic E-state index is 5.57. The van der Waals surface area contributed by atoms with Crippen LogP contribution in [0.4, 0.5) is 0 Å². The van der Waals surface area contributed by atoms with Crippen molar-refractivity contribution >= 4 is 0 Å². The summed E-state index contributed by atoms with van der Waals surface area (Å²) in [6.07, 6.45) is 12.2. The molecule has 2 nitrogen and oxygen atoms in total. The first kappa shape index (κ1) is 14.9. The molecule has 0 heterocycles.